The number of hydrogen-bond acceptors (Lipinski definition) is 2. The third-order valence-electron chi connectivity index (χ3n) is 3.40. The molecule has 4 heteroatoms. The Morgan fingerprint density at radius 2 is 1.95 bits per heavy atom. The number of rotatable bonds is 3. The first-order chi connectivity index (χ1) is 10.1. The average Bonchev–Trinajstić information content (AvgIpc) is 2.83. The molecule has 106 valence electrons. The maximum Gasteiger partial charge on any atom is 0.287 e. The molecule has 0 radical (unpaired) electrons. The summed E-state index contributed by atoms with van der Waals surface area (Å²) in [6.07, 6.45) is 0. The van der Waals surface area contributed by atoms with Crippen molar-refractivity contribution < 1.29 is 9.21 Å². The number of benzene rings is 2. The predicted molar refractivity (Wildman–Crippen MR) is 86.3 cm³/mol. The lowest BCUT2D eigenvalue weighted by Crippen LogP contribution is -2.22. The molecule has 0 unspecified atom stereocenters. The van der Waals surface area contributed by atoms with Crippen molar-refractivity contribution in [2.24, 2.45) is 0 Å². The van der Waals surface area contributed by atoms with E-state index < -0.39 is 0 Å². The van der Waals surface area contributed by atoms with Crippen LogP contribution in [0.3, 0.4) is 0 Å². The SMILES string of the molecule is Cc1c(C(=O)NCc2ccccc2)oc2ccc(Br)cc12. The van der Waals surface area contributed by atoms with Crippen molar-refractivity contribution in [1.29, 1.82) is 0 Å². The molecule has 1 heterocycles. The van der Waals surface area contributed by atoms with E-state index in [0.29, 0.717) is 12.3 Å². The number of aryl methyl sites for hydroxylation is 1. The van der Waals surface area contributed by atoms with Crippen LogP contribution in [0.1, 0.15) is 21.7 Å². The van der Waals surface area contributed by atoms with Gasteiger partial charge in [0.05, 0.1) is 0 Å². The van der Waals surface area contributed by atoms with Gasteiger partial charge in [-0.05, 0) is 30.7 Å². The minimum atomic E-state index is -0.191. The van der Waals surface area contributed by atoms with Gasteiger partial charge in [0.1, 0.15) is 5.58 Å². The first-order valence-electron chi connectivity index (χ1n) is 6.66. The van der Waals surface area contributed by atoms with Crippen LogP contribution >= 0.6 is 15.9 Å². The fraction of sp³-hybridized carbons (Fsp3) is 0.118. The van der Waals surface area contributed by atoms with Gasteiger partial charge < -0.3 is 9.73 Å². The van der Waals surface area contributed by atoms with E-state index >= 15 is 0 Å². The van der Waals surface area contributed by atoms with Gasteiger partial charge in [0.25, 0.3) is 5.91 Å². The van der Waals surface area contributed by atoms with Gasteiger partial charge >= 0.3 is 0 Å². The van der Waals surface area contributed by atoms with Crippen LogP contribution in [0.5, 0.6) is 0 Å². The molecule has 3 rings (SSSR count). The van der Waals surface area contributed by atoms with Crippen LogP contribution < -0.4 is 5.32 Å². The summed E-state index contributed by atoms with van der Waals surface area (Å²) in [6.45, 7) is 2.38. The van der Waals surface area contributed by atoms with Crippen molar-refractivity contribution in [3.05, 3.63) is 69.9 Å². The summed E-state index contributed by atoms with van der Waals surface area (Å²) in [5.41, 5.74) is 2.64. The van der Waals surface area contributed by atoms with Gasteiger partial charge in [-0.2, -0.15) is 0 Å². The molecular weight excluding hydrogens is 330 g/mol. The monoisotopic (exact) mass is 343 g/mol. The summed E-state index contributed by atoms with van der Waals surface area (Å²) < 4.78 is 6.64. The van der Waals surface area contributed by atoms with Crippen LogP contribution in [0.25, 0.3) is 11.0 Å². The number of hydrogen-bond donors (Lipinski definition) is 1. The van der Waals surface area contributed by atoms with E-state index in [9.17, 15) is 4.79 Å². The van der Waals surface area contributed by atoms with Crippen molar-refractivity contribution in [3.63, 3.8) is 0 Å². The second-order valence-electron chi connectivity index (χ2n) is 4.86. The molecule has 1 aromatic heterocycles. The summed E-state index contributed by atoms with van der Waals surface area (Å²) in [5, 5.41) is 3.84. The summed E-state index contributed by atoms with van der Waals surface area (Å²) in [4.78, 5) is 12.3. The van der Waals surface area contributed by atoms with Gasteiger partial charge in [0.2, 0.25) is 0 Å². The number of halogens is 1. The van der Waals surface area contributed by atoms with Crippen LogP contribution in [0.4, 0.5) is 0 Å². The van der Waals surface area contributed by atoms with Gasteiger partial charge in [-0.15, -0.1) is 0 Å². The fourth-order valence-corrected chi connectivity index (χ4v) is 2.63. The van der Waals surface area contributed by atoms with E-state index in [0.717, 1.165) is 26.6 Å². The molecule has 0 bridgehead atoms. The third-order valence-corrected chi connectivity index (χ3v) is 3.89. The smallest absolute Gasteiger partial charge is 0.287 e. The van der Waals surface area contributed by atoms with Crippen molar-refractivity contribution in [1.82, 2.24) is 5.32 Å². The molecule has 0 aliphatic rings. The van der Waals surface area contributed by atoms with Crippen LogP contribution in [-0.2, 0) is 6.54 Å². The lowest BCUT2D eigenvalue weighted by atomic mass is 10.1. The summed E-state index contributed by atoms with van der Waals surface area (Å²) in [5.74, 6) is 0.183. The van der Waals surface area contributed by atoms with E-state index in [1.807, 2.05) is 55.5 Å². The Hall–Kier alpha value is -2.07. The Morgan fingerprint density at radius 1 is 1.19 bits per heavy atom. The number of carbonyl (C=O) groups is 1. The summed E-state index contributed by atoms with van der Waals surface area (Å²) in [7, 11) is 0. The topological polar surface area (TPSA) is 42.2 Å². The Balaban J connectivity index is 1.83. The molecule has 1 amide bonds. The Labute approximate surface area is 131 Å². The second kappa shape index (κ2) is 5.74. The molecule has 2 aromatic carbocycles. The molecule has 0 aliphatic carbocycles. The lowest BCUT2D eigenvalue weighted by Gasteiger charge is -2.03. The zero-order valence-electron chi connectivity index (χ0n) is 11.5. The number of nitrogens with one attached hydrogen (secondary N) is 1. The zero-order chi connectivity index (χ0) is 14.8. The Bertz CT molecular complexity index is 793. The molecule has 0 saturated carbocycles. The van der Waals surface area contributed by atoms with Gasteiger partial charge in [-0.25, -0.2) is 0 Å². The molecule has 0 fully saturated rings. The van der Waals surface area contributed by atoms with E-state index in [2.05, 4.69) is 21.2 Å². The first kappa shape index (κ1) is 13.9. The van der Waals surface area contributed by atoms with E-state index in [4.69, 9.17) is 4.42 Å². The lowest BCUT2D eigenvalue weighted by molar-refractivity contribution is 0.0924. The normalized spacial score (nSPS) is 10.8. The number of carbonyl (C=O) groups excluding carboxylic acids is 1. The maximum atomic E-state index is 12.3. The van der Waals surface area contributed by atoms with Gasteiger partial charge in [0, 0.05) is 22.0 Å². The zero-order valence-corrected chi connectivity index (χ0v) is 13.1. The minimum absolute atomic E-state index is 0.191. The van der Waals surface area contributed by atoms with Crippen LogP contribution in [0.15, 0.2) is 57.4 Å². The van der Waals surface area contributed by atoms with Crippen LogP contribution in [0.2, 0.25) is 0 Å². The summed E-state index contributed by atoms with van der Waals surface area (Å²) >= 11 is 3.43. The van der Waals surface area contributed by atoms with Gasteiger partial charge in [-0.1, -0.05) is 46.3 Å². The van der Waals surface area contributed by atoms with Crippen molar-refractivity contribution in [2.45, 2.75) is 13.5 Å². The highest BCUT2D eigenvalue weighted by atomic mass is 79.9. The van der Waals surface area contributed by atoms with E-state index in [-0.39, 0.29) is 5.91 Å². The highest BCUT2D eigenvalue weighted by Crippen LogP contribution is 2.28. The number of furan rings is 1. The fourth-order valence-electron chi connectivity index (χ4n) is 2.27. The van der Waals surface area contributed by atoms with Crippen molar-refractivity contribution in [2.75, 3.05) is 0 Å². The largest absolute Gasteiger partial charge is 0.451 e. The molecule has 21 heavy (non-hydrogen) atoms. The maximum absolute atomic E-state index is 12.3. The quantitative estimate of drug-likeness (QED) is 0.764. The standard InChI is InChI=1S/C17H14BrNO2/c1-11-14-9-13(18)7-8-15(14)21-16(11)17(20)19-10-12-5-3-2-4-6-12/h2-9H,10H2,1H3,(H,19,20). The molecule has 0 atom stereocenters. The van der Waals surface area contributed by atoms with Gasteiger partial charge in [-0.3, -0.25) is 4.79 Å². The summed E-state index contributed by atoms with van der Waals surface area (Å²) in [6, 6.07) is 15.5. The Morgan fingerprint density at radius 3 is 2.71 bits per heavy atom. The van der Waals surface area contributed by atoms with Crippen molar-refractivity contribution in [3.8, 4) is 0 Å². The molecule has 0 aliphatic heterocycles. The number of amides is 1. The Kier molecular flexibility index (Phi) is 3.80. The van der Waals surface area contributed by atoms with Crippen molar-refractivity contribution >= 4 is 32.8 Å². The highest BCUT2D eigenvalue weighted by Gasteiger charge is 2.17. The molecule has 0 saturated heterocycles. The molecule has 3 nitrogen and oxygen atoms in total. The van der Waals surface area contributed by atoms with Gasteiger partial charge in [0.15, 0.2) is 5.76 Å². The van der Waals surface area contributed by atoms with Crippen LogP contribution in [-0.4, -0.2) is 5.91 Å². The molecule has 1 N–H and O–H groups in total. The predicted octanol–water partition coefficient (Wildman–Crippen LogP) is 4.43. The third kappa shape index (κ3) is 2.85. The van der Waals surface area contributed by atoms with E-state index in [1.165, 1.54) is 0 Å². The highest BCUT2D eigenvalue weighted by molar-refractivity contribution is 9.10. The average molecular weight is 344 g/mol. The number of fused-ring (bicyclic) bond motifs is 1. The molecule has 0 spiro atoms. The second-order valence-corrected chi connectivity index (χ2v) is 5.78. The minimum Gasteiger partial charge on any atom is -0.451 e. The van der Waals surface area contributed by atoms with Crippen LogP contribution in [0, 0.1) is 6.92 Å². The molecule has 3 aromatic rings. The van der Waals surface area contributed by atoms with E-state index in [1.54, 1.807) is 0 Å². The molecular formula is C17H14BrNO2. The first-order valence-corrected chi connectivity index (χ1v) is 7.45.